The lowest BCUT2D eigenvalue weighted by atomic mass is 10.4. The third kappa shape index (κ3) is 1.92. The summed E-state index contributed by atoms with van der Waals surface area (Å²) in [6.45, 7) is 0.00343. The summed E-state index contributed by atoms with van der Waals surface area (Å²) in [6.07, 6.45) is -0.0880. The normalized spacial score (nSPS) is 23.1. The first-order valence-electron chi connectivity index (χ1n) is 4.31. The number of aromatic nitrogens is 1. The van der Waals surface area contributed by atoms with Crippen molar-refractivity contribution in [1.82, 2.24) is 4.98 Å². The van der Waals surface area contributed by atoms with E-state index in [2.05, 4.69) is 4.98 Å². The molecule has 1 heterocycles. The van der Waals surface area contributed by atoms with E-state index in [1.165, 1.54) is 0 Å². The first-order valence-corrected chi connectivity index (χ1v) is 4.31. The Morgan fingerprint density at radius 2 is 2.29 bits per heavy atom. The van der Waals surface area contributed by atoms with Gasteiger partial charge >= 0.3 is 0 Å². The van der Waals surface area contributed by atoms with Crippen LogP contribution in [0.5, 0.6) is 5.88 Å². The van der Waals surface area contributed by atoms with Crippen LogP contribution >= 0.6 is 0 Å². The first-order chi connectivity index (χ1) is 6.58. The summed E-state index contributed by atoms with van der Waals surface area (Å²) in [6, 6.07) is 4.87. The zero-order chi connectivity index (χ0) is 10.2. The predicted molar refractivity (Wildman–Crippen MR) is 47.2 cm³/mol. The van der Waals surface area contributed by atoms with Crippen LogP contribution in [0.2, 0.25) is 0 Å². The molecule has 0 amide bonds. The molecule has 1 unspecified atom stereocenters. The average molecular weight is 200 g/mol. The molecule has 76 valence electrons. The van der Waals surface area contributed by atoms with E-state index >= 15 is 0 Å². The van der Waals surface area contributed by atoms with Gasteiger partial charge in [-0.2, -0.15) is 4.98 Å². The number of anilines is 1. The molecule has 0 saturated heterocycles. The Morgan fingerprint density at radius 3 is 2.86 bits per heavy atom. The highest BCUT2D eigenvalue weighted by Gasteiger charge is 2.57. The number of nitrogens with zero attached hydrogens (tertiary/aromatic N) is 1. The van der Waals surface area contributed by atoms with E-state index in [0.717, 1.165) is 0 Å². The van der Waals surface area contributed by atoms with Gasteiger partial charge in [0.15, 0.2) is 0 Å². The lowest BCUT2D eigenvalue weighted by molar-refractivity contribution is 0.0850. The minimum Gasteiger partial charge on any atom is -0.477 e. The number of hydrogen-bond donors (Lipinski definition) is 1. The average Bonchev–Trinajstić information content (AvgIpc) is 2.71. The van der Waals surface area contributed by atoms with Crippen molar-refractivity contribution >= 4 is 5.82 Å². The summed E-state index contributed by atoms with van der Waals surface area (Å²) >= 11 is 0. The van der Waals surface area contributed by atoms with Gasteiger partial charge in [-0.15, -0.1) is 0 Å². The molecular formula is C9H10F2N2O. The molecule has 0 spiro atoms. The smallest absolute Gasteiger partial charge is 0.255 e. The fourth-order valence-electron chi connectivity index (χ4n) is 1.15. The number of alkyl halides is 2. The Kier molecular flexibility index (Phi) is 2.02. The van der Waals surface area contributed by atoms with Crippen molar-refractivity contribution in [3.8, 4) is 5.88 Å². The second-order valence-electron chi connectivity index (χ2n) is 3.37. The third-order valence-corrected chi connectivity index (χ3v) is 2.13. The monoisotopic (exact) mass is 200 g/mol. The fourth-order valence-corrected chi connectivity index (χ4v) is 1.15. The van der Waals surface area contributed by atoms with Gasteiger partial charge in [0.2, 0.25) is 5.88 Å². The van der Waals surface area contributed by atoms with Crippen molar-refractivity contribution in [2.24, 2.45) is 5.92 Å². The van der Waals surface area contributed by atoms with Crippen LogP contribution < -0.4 is 10.5 Å². The molecule has 1 aromatic rings. The number of pyridine rings is 1. The molecule has 14 heavy (non-hydrogen) atoms. The first kappa shape index (κ1) is 9.18. The molecule has 0 bridgehead atoms. The van der Waals surface area contributed by atoms with E-state index < -0.39 is 11.8 Å². The van der Waals surface area contributed by atoms with Crippen molar-refractivity contribution in [3.05, 3.63) is 18.2 Å². The van der Waals surface area contributed by atoms with Gasteiger partial charge < -0.3 is 10.5 Å². The van der Waals surface area contributed by atoms with E-state index in [9.17, 15) is 8.78 Å². The van der Waals surface area contributed by atoms with Crippen LogP contribution in [0.1, 0.15) is 6.42 Å². The van der Waals surface area contributed by atoms with E-state index in [1.54, 1.807) is 18.2 Å². The summed E-state index contributed by atoms with van der Waals surface area (Å²) in [7, 11) is 0. The third-order valence-electron chi connectivity index (χ3n) is 2.13. The molecule has 1 aromatic heterocycles. The van der Waals surface area contributed by atoms with Gasteiger partial charge in [-0.25, -0.2) is 8.78 Å². The lowest BCUT2D eigenvalue weighted by Crippen LogP contribution is -2.06. The number of nitrogens with two attached hydrogens (primary N) is 1. The van der Waals surface area contributed by atoms with Crippen molar-refractivity contribution in [2.75, 3.05) is 12.3 Å². The molecule has 1 fully saturated rings. The van der Waals surface area contributed by atoms with Crippen LogP contribution in [0.3, 0.4) is 0 Å². The zero-order valence-electron chi connectivity index (χ0n) is 7.41. The molecule has 3 nitrogen and oxygen atoms in total. The van der Waals surface area contributed by atoms with Crippen LogP contribution in [0, 0.1) is 5.92 Å². The molecule has 0 aromatic carbocycles. The fraction of sp³-hybridized carbons (Fsp3) is 0.444. The Morgan fingerprint density at radius 1 is 1.57 bits per heavy atom. The van der Waals surface area contributed by atoms with Crippen LogP contribution in [-0.2, 0) is 0 Å². The van der Waals surface area contributed by atoms with Gasteiger partial charge in [-0.05, 0) is 6.07 Å². The molecule has 5 heteroatoms. The largest absolute Gasteiger partial charge is 0.477 e. The number of ether oxygens (including phenoxy) is 1. The molecule has 0 radical (unpaired) electrons. The maximum Gasteiger partial charge on any atom is 0.255 e. The lowest BCUT2D eigenvalue weighted by Gasteiger charge is -2.04. The Hall–Kier alpha value is -1.39. The van der Waals surface area contributed by atoms with E-state index in [1.807, 2.05) is 0 Å². The van der Waals surface area contributed by atoms with Crippen molar-refractivity contribution in [3.63, 3.8) is 0 Å². The zero-order valence-corrected chi connectivity index (χ0v) is 7.41. The summed E-state index contributed by atoms with van der Waals surface area (Å²) in [5, 5.41) is 0. The summed E-state index contributed by atoms with van der Waals surface area (Å²) in [4.78, 5) is 3.83. The number of rotatable bonds is 3. The predicted octanol–water partition coefficient (Wildman–Crippen LogP) is 1.70. The molecule has 0 aliphatic heterocycles. The van der Waals surface area contributed by atoms with Crippen LogP contribution in [0.25, 0.3) is 0 Å². The van der Waals surface area contributed by atoms with Gasteiger partial charge in [0.25, 0.3) is 5.92 Å². The highest BCUT2D eigenvalue weighted by atomic mass is 19.3. The molecular weight excluding hydrogens is 190 g/mol. The summed E-state index contributed by atoms with van der Waals surface area (Å²) in [5.74, 6) is -2.58. The second-order valence-corrected chi connectivity index (χ2v) is 3.37. The number of nitrogen functional groups attached to an aromatic ring is 1. The highest BCUT2D eigenvalue weighted by Crippen LogP contribution is 2.48. The molecule has 2 rings (SSSR count). The minimum absolute atomic E-state index is 0.00343. The van der Waals surface area contributed by atoms with Crippen LogP contribution in [0.15, 0.2) is 18.2 Å². The highest BCUT2D eigenvalue weighted by molar-refractivity contribution is 5.31. The number of halogens is 2. The van der Waals surface area contributed by atoms with Gasteiger partial charge in [-0.3, -0.25) is 0 Å². The summed E-state index contributed by atoms with van der Waals surface area (Å²) < 4.78 is 30.0. The standard InChI is InChI=1S/C9H10F2N2O/c10-9(11)4-6(9)5-14-8-3-1-2-7(12)13-8/h1-3,6H,4-5H2,(H2,12,13). The van der Waals surface area contributed by atoms with Crippen LogP contribution in [0.4, 0.5) is 14.6 Å². The SMILES string of the molecule is Nc1cccc(OCC2CC2(F)F)n1. The minimum atomic E-state index is -2.54. The Labute approximate surface area is 79.9 Å². The Balaban J connectivity index is 1.87. The van der Waals surface area contributed by atoms with E-state index in [0.29, 0.717) is 11.7 Å². The van der Waals surface area contributed by atoms with E-state index in [-0.39, 0.29) is 13.0 Å². The molecule has 1 saturated carbocycles. The molecule has 1 atom stereocenters. The summed E-state index contributed by atoms with van der Waals surface area (Å²) in [5.41, 5.74) is 5.39. The second kappa shape index (κ2) is 3.08. The molecule has 1 aliphatic rings. The number of hydrogen-bond acceptors (Lipinski definition) is 3. The van der Waals surface area contributed by atoms with Crippen molar-refractivity contribution < 1.29 is 13.5 Å². The van der Waals surface area contributed by atoms with Crippen LogP contribution in [-0.4, -0.2) is 17.5 Å². The van der Waals surface area contributed by atoms with Gasteiger partial charge in [-0.1, -0.05) is 6.07 Å². The van der Waals surface area contributed by atoms with Crippen molar-refractivity contribution in [2.45, 2.75) is 12.3 Å². The maximum atomic E-state index is 12.5. The maximum absolute atomic E-state index is 12.5. The van der Waals surface area contributed by atoms with E-state index in [4.69, 9.17) is 10.5 Å². The van der Waals surface area contributed by atoms with Gasteiger partial charge in [0.05, 0.1) is 12.5 Å². The van der Waals surface area contributed by atoms with Gasteiger partial charge in [0.1, 0.15) is 5.82 Å². The van der Waals surface area contributed by atoms with Crippen molar-refractivity contribution in [1.29, 1.82) is 0 Å². The molecule has 1 aliphatic carbocycles. The topological polar surface area (TPSA) is 48.1 Å². The Bertz CT molecular complexity index is 343. The van der Waals surface area contributed by atoms with Gasteiger partial charge in [0, 0.05) is 12.5 Å². The molecule has 2 N–H and O–H groups in total. The quantitative estimate of drug-likeness (QED) is 0.807.